The van der Waals surface area contributed by atoms with Crippen LogP contribution in [0, 0.1) is 36.0 Å². The molecule has 2 aromatic heterocycles. The number of thiophene rings is 1. The van der Waals surface area contributed by atoms with E-state index in [0.29, 0.717) is 47.9 Å². The van der Waals surface area contributed by atoms with E-state index in [1.165, 1.54) is 16.9 Å². The van der Waals surface area contributed by atoms with E-state index in [4.69, 9.17) is 21.4 Å². The summed E-state index contributed by atoms with van der Waals surface area (Å²) in [6.07, 6.45) is 2.32. The van der Waals surface area contributed by atoms with Crippen LogP contribution in [-0.4, -0.2) is 51.4 Å². The lowest BCUT2D eigenvalue weighted by Crippen LogP contribution is -2.49. The monoisotopic (exact) mass is 1010 g/mol. The van der Waals surface area contributed by atoms with Gasteiger partial charge in [-0.05, 0) is 130 Å². The molecule has 6 atom stereocenters. The summed E-state index contributed by atoms with van der Waals surface area (Å²) in [5.41, 5.74) is 2.80. The number of nitrogens with zero attached hydrogens (tertiary/aromatic N) is 4. The summed E-state index contributed by atoms with van der Waals surface area (Å²) in [6, 6.07) is 24.5. The highest BCUT2D eigenvalue weighted by molar-refractivity contribution is 9.13. The van der Waals surface area contributed by atoms with Gasteiger partial charge in [-0.1, -0.05) is 53.6 Å². The van der Waals surface area contributed by atoms with Crippen LogP contribution in [-0.2, 0) is 26.2 Å². The van der Waals surface area contributed by atoms with E-state index in [2.05, 4.69) is 31.9 Å². The highest BCUT2D eigenvalue weighted by Gasteiger charge is 2.68. The van der Waals surface area contributed by atoms with Gasteiger partial charge in [0.15, 0.2) is 17.3 Å². The van der Waals surface area contributed by atoms with Crippen LogP contribution in [0.1, 0.15) is 52.7 Å². The molecule has 15 heteroatoms. The van der Waals surface area contributed by atoms with E-state index >= 15 is 9.59 Å². The van der Waals surface area contributed by atoms with Crippen LogP contribution in [0.15, 0.2) is 106 Å². The summed E-state index contributed by atoms with van der Waals surface area (Å²) in [6.45, 7) is 3.79. The Balaban J connectivity index is 1.06. The third-order valence-electron chi connectivity index (χ3n) is 13.6. The Hall–Kier alpha value is -5.41. The van der Waals surface area contributed by atoms with Gasteiger partial charge in [0.05, 0.1) is 45.3 Å². The number of ether oxygens (including phenoxy) is 1. The number of hydrogen-bond acceptors (Lipinski definition) is 9. The van der Waals surface area contributed by atoms with Crippen molar-refractivity contribution >= 4 is 106 Å². The molecule has 10 rings (SSSR count). The normalized spacial score (nSPS) is 24.2. The van der Waals surface area contributed by atoms with Gasteiger partial charge in [-0.15, -0.1) is 11.3 Å². The lowest BCUT2D eigenvalue weighted by molar-refractivity contribution is -0.131. The number of phenols is 1. The van der Waals surface area contributed by atoms with Crippen molar-refractivity contribution < 1.29 is 33.8 Å². The number of imide groups is 2. The molecule has 63 heavy (non-hydrogen) atoms. The van der Waals surface area contributed by atoms with Gasteiger partial charge in [-0.25, -0.2) is 4.90 Å². The molecule has 4 heterocycles. The standard InChI is InChI=1S/C48H37Br2ClN4O7S/c1-22-29-18-25(51)12-17-35(29)63-43(22)33-21-36(53(3)52-33)55-45(59)32-19-30-27(38(48(32,2)47(55)61)31-20-34(62-4)42(57)40(50)39(31)49)15-16-28-37(30)46(60)54(44(28)58)26-13-10-24(11-14-26)41(56)23-8-6-5-7-9-23/h5-15,17-18,20-21,28,30,32,37-38,57H,16,19H2,1-4H3. The zero-order valence-corrected chi connectivity index (χ0v) is 38.9. The fourth-order valence-electron chi connectivity index (χ4n) is 10.5. The van der Waals surface area contributed by atoms with Crippen molar-refractivity contribution in [2.45, 2.75) is 32.6 Å². The molecule has 4 aromatic carbocycles. The molecule has 2 aliphatic carbocycles. The summed E-state index contributed by atoms with van der Waals surface area (Å²) in [7, 11) is 3.13. The maximum atomic E-state index is 15.4. The van der Waals surface area contributed by atoms with Crippen molar-refractivity contribution in [1.29, 1.82) is 0 Å². The molecule has 0 spiro atoms. The van der Waals surface area contributed by atoms with Crippen LogP contribution in [0.4, 0.5) is 11.5 Å². The van der Waals surface area contributed by atoms with E-state index in [-0.39, 0.29) is 36.0 Å². The van der Waals surface area contributed by atoms with E-state index in [0.717, 1.165) is 26.1 Å². The molecule has 1 saturated carbocycles. The van der Waals surface area contributed by atoms with E-state index in [9.17, 15) is 19.5 Å². The number of rotatable bonds is 7. The quantitative estimate of drug-likeness (QED) is 0.0948. The first-order chi connectivity index (χ1) is 30.1. The number of aromatic hydroxyl groups is 1. The van der Waals surface area contributed by atoms with Crippen LogP contribution < -0.4 is 14.5 Å². The average Bonchev–Trinajstić information content (AvgIpc) is 3.96. The van der Waals surface area contributed by atoms with Gasteiger partial charge in [0.25, 0.3) is 0 Å². The van der Waals surface area contributed by atoms with Gasteiger partial charge in [0.2, 0.25) is 23.6 Å². The molecule has 4 aliphatic rings. The van der Waals surface area contributed by atoms with Crippen molar-refractivity contribution in [3.05, 3.63) is 133 Å². The van der Waals surface area contributed by atoms with Gasteiger partial charge in [0, 0.05) is 44.4 Å². The molecule has 3 fully saturated rings. The minimum absolute atomic E-state index is 0.132. The minimum atomic E-state index is -1.39. The predicted octanol–water partition coefficient (Wildman–Crippen LogP) is 10.2. The maximum Gasteiger partial charge on any atom is 0.242 e. The first kappa shape index (κ1) is 41.6. The molecule has 11 nitrogen and oxygen atoms in total. The highest BCUT2D eigenvalue weighted by atomic mass is 79.9. The highest BCUT2D eigenvalue weighted by Crippen LogP contribution is 2.65. The lowest BCUT2D eigenvalue weighted by Gasteiger charge is -2.49. The number of hydrogen-bond donors (Lipinski definition) is 1. The van der Waals surface area contributed by atoms with Crippen LogP contribution >= 0.6 is 54.8 Å². The number of benzene rings is 4. The largest absolute Gasteiger partial charge is 0.503 e. The summed E-state index contributed by atoms with van der Waals surface area (Å²) < 4.78 is 8.94. The summed E-state index contributed by atoms with van der Waals surface area (Å²) >= 11 is 15.1. The fourth-order valence-corrected chi connectivity index (χ4v) is 12.8. The molecule has 6 aromatic rings. The number of carbonyl (C=O) groups is 5. The Morgan fingerprint density at radius 2 is 1.62 bits per heavy atom. The van der Waals surface area contributed by atoms with Crippen LogP contribution in [0.2, 0.25) is 5.02 Å². The van der Waals surface area contributed by atoms with E-state index < -0.39 is 52.7 Å². The molecule has 2 saturated heterocycles. The molecule has 4 amide bonds. The van der Waals surface area contributed by atoms with Crippen molar-refractivity contribution in [3.8, 4) is 22.1 Å². The molecular formula is C48H37Br2ClN4O7S. The third-order valence-corrected chi connectivity index (χ3v) is 17.3. The zero-order chi connectivity index (χ0) is 44.4. The minimum Gasteiger partial charge on any atom is -0.503 e. The molecule has 6 unspecified atom stereocenters. The Morgan fingerprint density at radius 3 is 2.33 bits per heavy atom. The second-order valence-corrected chi connectivity index (χ2v) is 19.8. The Bertz CT molecular complexity index is 3040. The number of phenolic OH excluding ortho intramolecular Hbond substituents is 1. The summed E-state index contributed by atoms with van der Waals surface area (Å²) in [4.78, 5) is 76.2. The van der Waals surface area contributed by atoms with E-state index in [1.54, 1.807) is 90.7 Å². The van der Waals surface area contributed by atoms with Crippen molar-refractivity contribution in [2.24, 2.45) is 36.1 Å². The van der Waals surface area contributed by atoms with Gasteiger partial charge in [-0.2, -0.15) is 5.10 Å². The van der Waals surface area contributed by atoms with Crippen LogP contribution in [0.25, 0.3) is 20.7 Å². The molecule has 1 N–H and O–H groups in total. The van der Waals surface area contributed by atoms with Gasteiger partial charge in [0.1, 0.15) is 11.5 Å². The van der Waals surface area contributed by atoms with Crippen LogP contribution in [0.3, 0.4) is 0 Å². The molecule has 318 valence electrons. The number of methoxy groups -OCH3 is 1. The van der Waals surface area contributed by atoms with E-state index in [1.807, 2.05) is 37.3 Å². The zero-order valence-electron chi connectivity index (χ0n) is 34.2. The lowest BCUT2D eigenvalue weighted by atomic mass is 9.51. The number of carbonyl (C=O) groups excluding carboxylic acids is 5. The maximum absolute atomic E-state index is 15.4. The number of fused-ring (bicyclic) bond motifs is 5. The van der Waals surface area contributed by atoms with Gasteiger partial charge >= 0.3 is 0 Å². The summed E-state index contributed by atoms with van der Waals surface area (Å²) in [5.74, 6) is -5.40. The van der Waals surface area contributed by atoms with Gasteiger partial charge in [-0.3, -0.25) is 33.6 Å². The van der Waals surface area contributed by atoms with Crippen molar-refractivity contribution in [3.63, 3.8) is 0 Å². The average molecular weight is 1010 g/mol. The third kappa shape index (κ3) is 6.08. The fraction of sp³-hybridized carbons (Fsp3) is 0.250. The summed E-state index contributed by atoms with van der Waals surface area (Å²) in [5, 5.41) is 17.5. The molecule has 0 bridgehead atoms. The van der Waals surface area contributed by atoms with Gasteiger partial charge < -0.3 is 9.84 Å². The Kier molecular flexibility index (Phi) is 9.97. The first-order valence-electron chi connectivity index (χ1n) is 20.3. The second-order valence-electron chi connectivity index (χ2n) is 16.8. The smallest absolute Gasteiger partial charge is 0.242 e. The number of halogens is 3. The number of aromatic nitrogens is 2. The second kappa shape index (κ2) is 15.1. The molecular weight excluding hydrogens is 972 g/mol. The van der Waals surface area contributed by atoms with Crippen LogP contribution in [0.5, 0.6) is 11.5 Å². The SMILES string of the molecule is COc1cc(C2C3=CCC4C(=O)N(c5ccc(C(=O)c6ccccc6)cc5)C(=O)C4C3CC3C(=O)N(c4cc(-c5sc6ccc(Cl)cc6c5C)nn4C)C(=O)C32C)c(Br)c(Br)c1O. The number of ketones is 1. The predicted molar refractivity (Wildman–Crippen MR) is 247 cm³/mol. The Morgan fingerprint density at radius 1 is 0.905 bits per heavy atom. The number of amides is 4. The van der Waals surface area contributed by atoms with Crippen molar-refractivity contribution in [1.82, 2.24) is 9.78 Å². The number of aryl methyl sites for hydroxylation is 2. The Labute approximate surface area is 387 Å². The molecule has 2 aliphatic heterocycles. The number of anilines is 2. The first-order valence-corrected chi connectivity index (χ1v) is 23.1. The van der Waals surface area contributed by atoms with Crippen molar-refractivity contribution in [2.75, 3.05) is 16.9 Å². The number of allylic oxidation sites excluding steroid dienone is 2. The topological polar surface area (TPSA) is 139 Å². The molecule has 0 radical (unpaired) electrons.